The molecule has 0 radical (unpaired) electrons. The molecule has 0 spiro atoms. The number of hydrogen-bond donors (Lipinski definition) is 1. The third kappa shape index (κ3) is 4.24. The van der Waals surface area contributed by atoms with Crippen molar-refractivity contribution in [1.29, 1.82) is 0 Å². The Morgan fingerprint density at radius 3 is 2.46 bits per heavy atom. The summed E-state index contributed by atoms with van der Waals surface area (Å²) in [6, 6.07) is 10.2. The molecule has 0 saturated heterocycles. The molecule has 138 valence electrons. The molecule has 26 heavy (non-hydrogen) atoms. The predicted octanol–water partition coefficient (Wildman–Crippen LogP) is 5.57. The second kappa shape index (κ2) is 7.37. The molecule has 0 unspecified atom stereocenters. The molecule has 2 aromatic carbocycles. The number of nitrogens with one attached hydrogen (secondary N) is 1. The van der Waals surface area contributed by atoms with Crippen molar-refractivity contribution in [2.45, 2.75) is 31.2 Å². The molecular weight excluding hydrogens is 390 g/mol. The van der Waals surface area contributed by atoms with Gasteiger partial charge in [0, 0.05) is 22.0 Å². The topological polar surface area (TPSA) is 38.3 Å². The fourth-order valence-electron chi connectivity index (χ4n) is 2.96. The smallest absolute Gasteiger partial charge is 0.405 e. The summed E-state index contributed by atoms with van der Waals surface area (Å²) in [4.78, 5) is 12.5. The first-order chi connectivity index (χ1) is 12.2. The largest absolute Gasteiger partial charge is 0.573 e. The van der Waals surface area contributed by atoms with Crippen LogP contribution in [0.25, 0.3) is 0 Å². The summed E-state index contributed by atoms with van der Waals surface area (Å²) in [5.74, 6) is -1.16. The molecule has 0 heterocycles. The van der Waals surface area contributed by atoms with Crippen LogP contribution in [0, 0.1) is 0 Å². The number of rotatable bonds is 4. The lowest BCUT2D eigenvalue weighted by atomic mass is 9.75. The van der Waals surface area contributed by atoms with Crippen LogP contribution in [0.3, 0.4) is 0 Å². The first kappa shape index (κ1) is 18.9. The maximum Gasteiger partial charge on any atom is 0.573 e. The zero-order valence-corrected chi connectivity index (χ0v) is 14.8. The van der Waals surface area contributed by atoms with Gasteiger partial charge in [-0.05, 0) is 42.7 Å². The third-order valence-corrected chi connectivity index (χ3v) is 4.87. The first-order valence-electron chi connectivity index (χ1n) is 7.85. The highest BCUT2D eigenvalue weighted by atomic mass is 35.5. The molecule has 0 aliphatic heterocycles. The van der Waals surface area contributed by atoms with Crippen molar-refractivity contribution < 1.29 is 22.7 Å². The van der Waals surface area contributed by atoms with Gasteiger partial charge in [-0.25, -0.2) is 0 Å². The van der Waals surface area contributed by atoms with E-state index >= 15 is 0 Å². The summed E-state index contributed by atoms with van der Waals surface area (Å²) < 4.78 is 41.5. The van der Waals surface area contributed by atoms with Gasteiger partial charge in [0.2, 0.25) is 0 Å². The van der Waals surface area contributed by atoms with Crippen molar-refractivity contribution in [3.8, 4) is 5.75 Å². The normalized spacial score (nSPS) is 19.6. The maximum atomic E-state index is 12.5. The van der Waals surface area contributed by atoms with Crippen molar-refractivity contribution >= 4 is 29.1 Å². The van der Waals surface area contributed by atoms with Crippen molar-refractivity contribution in [3.63, 3.8) is 0 Å². The number of ether oxygens (including phenoxy) is 1. The molecule has 0 aromatic heterocycles. The van der Waals surface area contributed by atoms with Gasteiger partial charge in [0.15, 0.2) is 0 Å². The van der Waals surface area contributed by atoms with Gasteiger partial charge in [-0.2, -0.15) is 0 Å². The lowest BCUT2D eigenvalue weighted by molar-refractivity contribution is -0.274. The van der Waals surface area contributed by atoms with Crippen LogP contribution in [-0.2, 0) is 0 Å². The standard InChI is InChI=1S/C18H14Cl2F3NO2/c19-10-5-6-11(14(20)9-10)12-7-8-15(12)24-17(25)13-3-1-2-4-16(13)26-18(21,22)23/h1-6,9,12,15H,7-8H2,(H,24,25)/t12-,15-/m0/s1. The number of amides is 1. The second-order valence-corrected chi connectivity index (χ2v) is 6.82. The molecule has 1 aliphatic carbocycles. The quantitative estimate of drug-likeness (QED) is 0.724. The van der Waals surface area contributed by atoms with E-state index in [9.17, 15) is 18.0 Å². The minimum absolute atomic E-state index is 0.0144. The number of carbonyl (C=O) groups is 1. The monoisotopic (exact) mass is 403 g/mol. The van der Waals surface area contributed by atoms with E-state index in [1.807, 2.05) is 0 Å². The summed E-state index contributed by atoms with van der Waals surface area (Å²) in [5, 5.41) is 3.78. The Morgan fingerprint density at radius 2 is 1.85 bits per heavy atom. The Kier molecular flexibility index (Phi) is 5.34. The summed E-state index contributed by atoms with van der Waals surface area (Å²) in [5.41, 5.74) is 0.685. The van der Waals surface area contributed by atoms with Crippen LogP contribution in [0.2, 0.25) is 10.0 Å². The predicted molar refractivity (Wildman–Crippen MR) is 92.8 cm³/mol. The minimum Gasteiger partial charge on any atom is -0.405 e. The molecule has 3 rings (SSSR count). The van der Waals surface area contributed by atoms with E-state index in [4.69, 9.17) is 23.2 Å². The molecule has 1 fully saturated rings. The number of benzene rings is 2. The third-order valence-electron chi connectivity index (χ3n) is 4.31. The van der Waals surface area contributed by atoms with Crippen LogP contribution in [-0.4, -0.2) is 18.3 Å². The Hall–Kier alpha value is -1.92. The highest BCUT2D eigenvalue weighted by molar-refractivity contribution is 6.35. The molecule has 8 heteroatoms. The van der Waals surface area contributed by atoms with E-state index in [1.165, 1.54) is 18.2 Å². The molecule has 3 nitrogen and oxygen atoms in total. The minimum atomic E-state index is -4.87. The Morgan fingerprint density at radius 1 is 1.12 bits per heavy atom. The Labute approximate surface area is 158 Å². The van der Waals surface area contributed by atoms with Crippen molar-refractivity contribution in [2.24, 2.45) is 0 Å². The lowest BCUT2D eigenvalue weighted by Gasteiger charge is -2.38. The SMILES string of the molecule is O=C(N[C@H]1CC[C@H]1c1ccc(Cl)cc1Cl)c1ccccc1OC(F)(F)F. The van der Waals surface area contributed by atoms with Crippen LogP contribution in [0.1, 0.15) is 34.7 Å². The zero-order valence-electron chi connectivity index (χ0n) is 13.3. The van der Waals surface area contributed by atoms with E-state index in [0.717, 1.165) is 18.1 Å². The summed E-state index contributed by atoms with van der Waals surface area (Å²) in [7, 11) is 0. The van der Waals surface area contributed by atoms with Gasteiger partial charge >= 0.3 is 6.36 Å². The average Bonchev–Trinajstić information content (AvgIpc) is 2.53. The van der Waals surface area contributed by atoms with E-state index in [-0.39, 0.29) is 17.5 Å². The van der Waals surface area contributed by atoms with Crippen molar-refractivity contribution in [1.82, 2.24) is 5.32 Å². The summed E-state index contributed by atoms with van der Waals surface area (Å²) in [6.07, 6.45) is -3.35. The van der Waals surface area contributed by atoms with E-state index in [2.05, 4.69) is 10.1 Å². The molecular formula is C18H14Cl2F3NO2. The lowest BCUT2D eigenvalue weighted by Crippen LogP contribution is -2.45. The zero-order chi connectivity index (χ0) is 18.9. The second-order valence-electron chi connectivity index (χ2n) is 5.97. The molecule has 0 bridgehead atoms. The van der Waals surface area contributed by atoms with E-state index in [1.54, 1.807) is 18.2 Å². The molecule has 2 atom stereocenters. The Bertz CT molecular complexity index is 826. The number of halogens is 5. The van der Waals surface area contributed by atoms with Crippen molar-refractivity contribution in [2.75, 3.05) is 0 Å². The molecule has 2 aromatic rings. The molecule has 1 aliphatic rings. The molecule has 1 saturated carbocycles. The number of hydrogen-bond acceptors (Lipinski definition) is 2. The van der Waals surface area contributed by atoms with Crippen LogP contribution in [0.4, 0.5) is 13.2 Å². The van der Waals surface area contributed by atoms with Gasteiger partial charge < -0.3 is 10.1 Å². The van der Waals surface area contributed by atoms with Gasteiger partial charge in [0.1, 0.15) is 5.75 Å². The summed E-state index contributed by atoms with van der Waals surface area (Å²) in [6.45, 7) is 0. The Balaban J connectivity index is 1.75. The van der Waals surface area contributed by atoms with E-state index < -0.39 is 18.0 Å². The highest BCUT2D eigenvalue weighted by Crippen LogP contribution is 2.41. The van der Waals surface area contributed by atoms with Gasteiger partial charge in [-0.15, -0.1) is 13.2 Å². The average molecular weight is 404 g/mol. The van der Waals surface area contributed by atoms with Crippen LogP contribution in [0.5, 0.6) is 5.75 Å². The van der Waals surface area contributed by atoms with Gasteiger partial charge in [0.25, 0.3) is 5.91 Å². The van der Waals surface area contributed by atoms with Gasteiger partial charge in [-0.1, -0.05) is 41.4 Å². The van der Waals surface area contributed by atoms with Crippen LogP contribution in [0.15, 0.2) is 42.5 Å². The molecule has 1 amide bonds. The maximum absolute atomic E-state index is 12.5. The van der Waals surface area contributed by atoms with Gasteiger partial charge in [-0.3, -0.25) is 4.79 Å². The van der Waals surface area contributed by atoms with Crippen molar-refractivity contribution in [3.05, 3.63) is 63.6 Å². The van der Waals surface area contributed by atoms with Crippen LogP contribution >= 0.6 is 23.2 Å². The van der Waals surface area contributed by atoms with Gasteiger partial charge in [0.05, 0.1) is 5.56 Å². The fourth-order valence-corrected chi connectivity index (χ4v) is 3.51. The number of para-hydroxylation sites is 1. The number of carbonyl (C=O) groups excluding carboxylic acids is 1. The first-order valence-corrected chi connectivity index (χ1v) is 8.61. The van der Waals surface area contributed by atoms with E-state index in [0.29, 0.717) is 16.5 Å². The molecule has 1 N–H and O–H groups in total. The fraction of sp³-hybridized carbons (Fsp3) is 0.278. The summed E-state index contributed by atoms with van der Waals surface area (Å²) >= 11 is 12.1. The number of alkyl halides is 3. The highest BCUT2D eigenvalue weighted by Gasteiger charge is 2.36. The van der Waals surface area contributed by atoms with Crippen LogP contribution < -0.4 is 10.1 Å².